The fourth-order valence-corrected chi connectivity index (χ4v) is 3.82. The van der Waals surface area contributed by atoms with E-state index in [4.69, 9.17) is 4.74 Å². The van der Waals surface area contributed by atoms with Gasteiger partial charge in [0.25, 0.3) is 0 Å². The number of nitrogens with zero attached hydrogens (tertiary/aromatic N) is 2. The van der Waals surface area contributed by atoms with E-state index in [1.807, 2.05) is 58.0 Å². The second kappa shape index (κ2) is 10.8. The van der Waals surface area contributed by atoms with E-state index in [1.54, 1.807) is 22.5 Å². The Balaban J connectivity index is 2.32. The zero-order valence-electron chi connectivity index (χ0n) is 19.3. The Morgan fingerprint density at radius 3 is 2.32 bits per heavy atom. The lowest BCUT2D eigenvalue weighted by Crippen LogP contribution is -2.37. The molecule has 0 radical (unpaired) electrons. The zero-order valence-corrected chi connectivity index (χ0v) is 19.3. The average molecular weight is 425 g/mol. The first-order valence-corrected chi connectivity index (χ1v) is 10.5. The van der Waals surface area contributed by atoms with Gasteiger partial charge in [0.05, 0.1) is 13.7 Å². The van der Waals surface area contributed by atoms with Gasteiger partial charge in [-0.25, -0.2) is 4.79 Å². The van der Waals surface area contributed by atoms with Crippen LogP contribution >= 0.6 is 0 Å². The van der Waals surface area contributed by atoms with Crippen LogP contribution in [-0.4, -0.2) is 47.3 Å². The fourth-order valence-electron chi connectivity index (χ4n) is 3.82. The Morgan fingerprint density at radius 1 is 1.13 bits per heavy atom. The highest BCUT2D eigenvalue weighted by atomic mass is 16.5. The summed E-state index contributed by atoms with van der Waals surface area (Å²) in [6.45, 7) is 10.4. The van der Waals surface area contributed by atoms with Crippen LogP contribution in [-0.2, 0) is 16.1 Å². The molecule has 6 nitrogen and oxygen atoms in total. The third kappa shape index (κ3) is 5.72. The molecule has 1 aromatic carbocycles. The predicted octanol–water partition coefficient (Wildman–Crippen LogP) is 4.29. The molecule has 1 heterocycles. The second-order valence-corrected chi connectivity index (χ2v) is 7.95. The summed E-state index contributed by atoms with van der Waals surface area (Å²) < 4.78 is 6.70. The van der Waals surface area contributed by atoms with Crippen LogP contribution in [0.3, 0.4) is 0 Å². The molecule has 0 unspecified atom stereocenters. The molecule has 0 N–H and O–H groups in total. The molecule has 2 rings (SSSR count). The number of hydrogen-bond acceptors (Lipinski definition) is 4. The average Bonchev–Trinajstić information content (AvgIpc) is 3.00. The number of aromatic nitrogens is 1. The Bertz CT molecular complexity index is 971. The lowest BCUT2D eigenvalue weighted by atomic mass is 10.0. The molecule has 0 aliphatic carbocycles. The number of ether oxygens (including phenoxy) is 1. The zero-order chi connectivity index (χ0) is 23.1. The summed E-state index contributed by atoms with van der Waals surface area (Å²) in [7, 11) is 1.33. The van der Waals surface area contributed by atoms with E-state index in [0.29, 0.717) is 35.6 Å². The molecular weight excluding hydrogens is 392 g/mol. The van der Waals surface area contributed by atoms with Crippen molar-refractivity contribution < 1.29 is 19.1 Å². The van der Waals surface area contributed by atoms with Gasteiger partial charge in [0.1, 0.15) is 5.69 Å². The molecule has 2 aromatic rings. The van der Waals surface area contributed by atoms with E-state index in [2.05, 4.69) is 0 Å². The Hall–Kier alpha value is -3.15. The monoisotopic (exact) mass is 424 g/mol. The van der Waals surface area contributed by atoms with Gasteiger partial charge in [0.2, 0.25) is 5.91 Å². The number of benzene rings is 1. The van der Waals surface area contributed by atoms with Crippen LogP contribution < -0.4 is 0 Å². The van der Waals surface area contributed by atoms with Crippen LogP contribution in [0.25, 0.3) is 6.08 Å². The number of Topliss-reactive ketones (excluding diaryl/α,β-unsaturated/α-hetero) is 1. The maximum absolute atomic E-state index is 13.3. The number of carbonyl (C=O) groups is 3. The van der Waals surface area contributed by atoms with Gasteiger partial charge in [-0.2, -0.15) is 0 Å². The van der Waals surface area contributed by atoms with E-state index >= 15 is 0 Å². The SMILES string of the molecule is CCn1c(C)c(C(=O)CN(CC(C)C)C(=O)/C=C/c2ccccc2)c(C)c1C(=O)OC. The van der Waals surface area contributed by atoms with Crippen molar-refractivity contribution >= 4 is 23.7 Å². The van der Waals surface area contributed by atoms with E-state index in [1.165, 1.54) is 13.2 Å². The van der Waals surface area contributed by atoms with E-state index in [9.17, 15) is 14.4 Å². The Morgan fingerprint density at radius 2 is 1.77 bits per heavy atom. The van der Waals surface area contributed by atoms with Crippen LogP contribution in [0, 0.1) is 19.8 Å². The lowest BCUT2D eigenvalue weighted by molar-refractivity contribution is -0.126. The van der Waals surface area contributed by atoms with Gasteiger partial charge >= 0.3 is 5.97 Å². The van der Waals surface area contributed by atoms with Crippen molar-refractivity contribution in [1.29, 1.82) is 0 Å². The Labute approximate surface area is 184 Å². The molecule has 6 heteroatoms. The predicted molar refractivity (Wildman–Crippen MR) is 122 cm³/mol. The van der Waals surface area contributed by atoms with Crippen molar-refractivity contribution in [3.05, 3.63) is 64.5 Å². The van der Waals surface area contributed by atoms with Gasteiger partial charge in [-0.1, -0.05) is 44.2 Å². The Kier molecular flexibility index (Phi) is 8.37. The molecule has 0 bridgehead atoms. The highest BCUT2D eigenvalue weighted by Gasteiger charge is 2.28. The summed E-state index contributed by atoms with van der Waals surface area (Å²) in [4.78, 5) is 40.0. The van der Waals surface area contributed by atoms with Crippen molar-refractivity contribution in [2.75, 3.05) is 20.2 Å². The van der Waals surface area contributed by atoms with Crippen LogP contribution in [0.4, 0.5) is 0 Å². The molecule has 0 fully saturated rings. The van der Waals surface area contributed by atoms with Crippen molar-refractivity contribution in [3.8, 4) is 0 Å². The summed E-state index contributed by atoms with van der Waals surface area (Å²) in [6, 6.07) is 9.55. The number of rotatable bonds is 9. The minimum Gasteiger partial charge on any atom is -0.464 e. The molecule has 0 saturated carbocycles. The van der Waals surface area contributed by atoms with Gasteiger partial charge in [0.15, 0.2) is 5.78 Å². The number of hydrogen-bond donors (Lipinski definition) is 0. The molecule has 1 amide bonds. The first kappa shape index (κ1) is 24.1. The minimum absolute atomic E-state index is 0.0494. The van der Waals surface area contributed by atoms with Gasteiger partial charge in [-0.15, -0.1) is 0 Å². The molecule has 31 heavy (non-hydrogen) atoms. The quantitative estimate of drug-likeness (QED) is 0.342. The summed E-state index contributed by atoms with van der Waals surface area (Å²) in [6.07, 6.45) is 3.25. The summed E-state index contributed by atoms with van der Waals surface area (Å²) in [5.74, 6) is -0.670. The van der Waals surface area contributed by atoms with Crippen LogP contribution in [0.15, 0.2) is 36.4 Å². The highest BCUT2D eigenvalue weighted by Crippen LogP contribution is 2.24. The van der Waals surface area contributed by atoms with Gasteiger partial charge in [0, 0.05) is 30.4 Å². The third-order valence-corrected chi connectivity index (χ3v) is 5.19. The third-order valence-electron chi connectivity index (χ3n) is 5.19. The topological polar surface area (TPSA) is 68.6 Å². The number of carbonyl (C=O) groups excluding carboxylic acids is 3. The molecule has 0 aliphatic rings. The largest absolute Gasteiger partial charge is 0.464 e. The first-order chi connectivity index (χ1) is 14.7. The smallest absolute Gasteiger partial charge is 0.354 e. The number of amides is 1. The standard InChI is InChI=1S/C25H32N2O4/c1-7-27-19(5)23(18(4)24(27)25(30)31-6)21(28)16-26(15-17(2)3)22(29)14-13-20-11-9-8-10-12-20/h8-14,17H,7,15-16H2,1-6H3/b14-13+. The van der Waals surface area contributed by atoms with Gasteiger partial charge in [-0.3, -0.25) is 9.59 Å². The molecule has 1 aromatic heterocycles. The number of ketones is 1. The molecule has 0 aliphatic heterocycles. The summed E-state index contributed by atoms with van der Waals surface area (Å²) in [5, 5.41) is 0. The van der Waals surface area contributed by atoms with Crippen molar-refractivity contribution in [3.63, 3.8) is 0 Å². The van der Waals surface area contributed by atoms with E-state index in [0.717, 1.165) is 5.56 Å². The summed E-state index contributed by atoms with van der Waals surface area (Å²) in [5.41, 5.74) is 3.09. The van der Waals surface area contributed by atoms with Crippen molar-refractivity contribution in [2.24, 2.45) is 5.92 Å². The second-order valence-electron chi connectivity index (χ2n) is 7.95. The van der Waals surface area contributed by atoms with Crippen LogP contribution in [0.5, 0.6) is 0 Å². The molecule has 166 valence electrons. The van der Waals surface area contributed by atoms with Crippen molar-refractivity contribution in [2.45, 2.75) is 41.2 Å². The molecule has 0 saturated heterocycles. The summed E-state index contributed by atoms with van der Waals surface area (Å²) >= 11 is 0. The maximum atomic E-state index is 13.3. The maximum Gasteiger partial charge on any atom is 0.354 e. The number of methoxy groups -OCH3 is 1. The van der Waals surface area contributed by atoms with Crippen LogP contribution in [0.2, 0.25) is 0 Å². The van der Waals surface area contributed by atoms with E-state index < -0.39 is 5.97 Å². The van der Waals surface area contributed by atoms with Gasteiger partial charge < -0.3 is 14.2 Å². The molecule has 0 spiro atoms. The van der Waals surface area contributed by atoms with Gasteiger partial charge in [-0.05, 0) is 43.9 Å². The highest BCUT2D eigenvalue weighted by molar-refractivity contribution is 6.05. The molecular formula is C25H32N2O4. The minimum atomic E-state index is -0.470. The van der Waals surface area contributed by atoms with Crippen LogP contribution in [0.1, 0.15) is 58.4 Å². The normalized spacial score (nSPS) is 11.2. The van der Waals surface area contributed by atoms with E-state index in [-0.39, 0.29) is 24.2 Å². The first-order valence-electron chi connectivity index (χ1n) is 10.5. The molecule has 0 atom stereocenters. The number of esters is 1. The fraction of sp³-hybridized carbons (Fsp3) is 0.400. The lowest BCUT2D eigenvalue weighted by Gasteiger charge is -2.23. The van der Waals surface area contributed by atoms with Crippen molar-refractivity contribution in [1.82, 2.24) is 9.47 Å².